The van der Waals surface area contributed by atoms with E-state index in [-0.39, 0.29) is 0 Å². The van der Waals surface area contributed by atoms with Crippen molar-refractivity contribution in [2.24, 2.45) is 0 Å². The molecule has 0 saturated carbocycles. The predicted molar refractivity (Wildman–Crippen MR) is 86.1 cm³/mol. The normalized spacial score (nSPS) is 22.4. The van der Waals surface area contributed by atoms with Crippen LogP contribution in [0.5, 0.6) is 17.2 Å². The van der Waals surface area contributed by atoms with Gasteiger partial charge in [0.25, 0.3) is 0 Å². The number of para-hydroxylation sites is 1. The van der Waals surface area contributed by atoms with Crippen LogP contribution >= 0.6 is 0 Å². The molecule has 0 radical (unpaired) electrons. The maximum absolute atomic E-state index is 5.89. The first-order chi connectivity index (χ1) is 10.6. The van der Waals surface area contributed by atoms with Gasteiger partial charge in [0.2, 0.25) is 5.75 Å². The van der Waals surface area contributed by atoms with Gasteiger partial charge in [-0.1, -0.05) is 6.07 Å². The molecule has 0 aliphatic carbocycles. The number of hydrogen-bond donors (Lipinski definition) is 0. The second kappa shape index (κ2) is 8.25. The molecule has 5 nitrogen and oxygen atoms in total. The minimum Gasteiger partial charge on any atom is -0.493 e. The van der Waals surface area contributed by atoms with Gasteiger partial charge < -0.3 is 18.9 Å². The quantitative estimate of drug-likeness (QED) is 0.724. The van der Waals surface area contributed by atoms with Gasteiger partial charge in [-0.3, -0.25) is 4.90 Å². The highest BCUT2D eigenvalue weighted by atomic mass is 16.5. The maximum Gasteiger partial charge on any atom is 0.203 e. The zero-order valence-corrected chi connectivity index (χ0v) is 14.0. The number of ether oxygens (including phenoxy) is 4. The molecular formula is C17H27NO4. The first kappa shape index (κ1) is 16.9. The van der Waals surface area contributed by atoms with Gasteiger partial charge in [0, 0.05) is 19.6 Å². The second-order valence-corrected chi connectivity index (χ2v) is 5.71. The molecule has 0 amide bonds. The lowest BCUT2D eigenvalue weighted by Crippen LogP contribution is -2.45. The Morgan fingerprint density at radius 1 is 1.09 bits per heavy atom. The molecule has 0 unspecified atom stereocenters. The molecule has 0 aromatic heterocycles. The summed E-state index contributed by atoms with van der Waals surface area (Å²) in [6.45, 7) is 7.87. The van der Waals surface area contributed by atoms with Crippen molar-refractivity contribution in [3.05, 3.63) is 18.2 Å². The van der Waals surface area contributed by atoms with Crippen LogP contribution in [0.3, 0.4) is 0 Å². The zero-order chi connectivity index (χ0) is 15.9. The minimum absolute atomic E-state index is 0.305. The van der Waals surface area contributed by atoms with E-state index in [4.69, 9.17) is 18.9 Å². The van der Waals surface area contributed by atoms with E-state index in [0.717, 1.165) is 26.1 Å². The molecule has 2 rings (SSSR count). The molecule has 1 aromatic rings. The van der Waals surface area contributed by atoms with E-state index in [1.54, 1.807) is 14.2 Å². The SMILES string of the molecule is COc1cccc(OC)c1OCCCN1C[C@@H](C)O[C@@H](C)C1. The average Bonchev–Trinajstić information content (AvgIpc) is 2.50. The Bertz CT molecular complexity index is 434. The topological polar surface area (TPSA) is 40.2 Å². The molecule has 1 aliphatic rings. The van der Waals surface area contributed by atoms with Crippen LogP contribution in [0.15, 0.2) is 18.2 Å². The van der Waals surface area contributed by atoms with Crippen molar-refractivity contribution >= 4 is 0 Å². The van der Waals surface area contributed by atoms with Gasteiger partial charge in [-0.25, -0.2) is 0 Å². The van der Waals surface area contributed by atoms with Gasteiger partial charge in [0.15, 0.2) is 11.5 Å². The summed E-state index contributed by atoms with van der Waals surface area (Å²) in [5.74, 6) is 2.08. The van der Waals surface area contributed by atoms with Crippen LogP contribution in [-0.4, -0.2) is 57.6 Å². The summed E-state index contributed by atoms with van der Waals surface area (Å²) in [4.78, 5) is 2.43. The number of rotatable bonds is 7. The highest BCUT2D eigenvalue weighted by Crippen LogP contribution is 2.36. The van der Waals surface area contributed by atoms with Gasteiger partial charge in [0.1, 0.15) is 0 Å². The standard InChI is InChI=1S/C17H27NO4/c1-13-11-18(12-14(2)22-13)9-6-10-21-17-15(19-3)7-5-8-16(17)20-4/h5,7-8,13-14H,6,9-12H2,1-4H3/t13-,14+. The van der Waals surface area contributed by atoms with E-state index in [1.165, 1.54) is 0 Å². The molecule has 1 aliphatic heterocycles. The molecule has 1 saturated heterocycles. The number of benzene rings is 1. The highest BCUT2D eigenvalue weighted by Gasteiger charge is 2.21. The van der Waals surface area contributed by atoms with Crippen LogP contribution in [0.25, 0.3) is 0 Å². The molecule has 5 heteroatoms. The zero-order valence-electron chi connectivity index (χ0n) is 14.0. The molecule has 0 bridgehead atoms. The Morgan fingerprint density at radius 2 is 1.68 bits per heavy atom. The summed E-state index contributed by atoms with van der Waals surface area (Å²) in [5.41, 5.74) is 0. The Labute approximate surface area is 133 Å². The molecule has 1 heterocycles. The molecule has 22 heavy (non-hydrogen) atoms. The first-order valence-corrected chi connectivity index (χ1v) is 7.85. The Hall–Kier alpha value is -1.46. The van der Waals surface area contributed by atoms with Crippen LogP contribution in [0.2, 0.25) is 0 Å². The van der Waals surface area contributed by atoms with Crippen molar-refractivity contribution in [2.75, 3.05) is 40.5 Å². The van der Waals surface area contributed by atoms with Crippen LogP contribution in [-0.2, 0) is 4.74 Å². The monoisotopic (exact) mass is 309 g/mol. The number of methoxy groups -OCH3 is 2. The minimum atomic E-state index is 0.305. The third-order valence-electron chi connectivity index (χ3n) is 3.74. The number of hydrogen-bond acceptors (Lipinski definition) is 5. The van der Waals surface area contributed by atoms with Crippen molar-refractivity contribution in [1.82, 2.24) is 4.90 Å². The van der Waals surface area contributed by atoms with Gasteiger partial charge in [0.05, 0.1) is 33.0 Å². The molecule has 2 atom stereocenters. The van der Waals surface area contributed by atoms with Gasteiger partial charge in [-0.15, -0.1) is 0 Å². The Morgan fingerprint density at radius 3 is 2.23 bits per heavy atom. The van der Waals surface area contributed by atoms with Crippen molar-refractivity contribution in [3.63, 3.8) is 0 Å². The van der Waals surface area contributed by atoms with Crippen LogP contribution in [0, 0.1) is 0 Å². The fraction of sp³-hybridized carbons (Fsp3) is 0.647. The lowest BCUT2D eigenvalue weighted by atomic mass is 10.2. The van der Waals surface area contributed by atoms with E-state index in [1.807, 2.05) is 18.2 Å². The molecule has 124 valence electrons. The molecule has 0 N–H and O–H groups in total. The van der Waals surface area contributed by atoms with Crippen molar-refractivity contribution < 1.29 is 18.9 Å². The Balaban J connectivity index is 1.81. The highest BCUT2D eigenvalue weighted by molar-refractivity contribution is 5.51. The van der Waals surface area contributed by atoms with E-state index < -0.39 is 0 Å². The fourth-order valence-corrected chi connectivity index (χ4v) is 2.89. The summed E-state index contributed by atoms with van der Waals surface area (Å²) in [6.07, 6.45) is 1.57. The van der Waals surface area contributed by atoms with Crippen LogP contribution < -0.4 is 14.2 Å². The van der Waals surface area contributed by atoms with E-state index in [9.17, 15) is 0 Å². The second-order valence-electron chi connectivity index (χ2n) is 5.71. The van der Waals surface area contributed by atoms with E-state index in [2.05, 4.69) is 18.7 Å². The van der Waals surface area contributed by atoms with Crippen molar-refractivity contribution in [3.8, 4) is 17.2 Å². The van der Waals surface area contributed by atoms with Gasteiger partial charge in [-0.2, -0.15) is 0 Å². The third kappa shape index (κ3) is 4.52. The third-order valence-corrected chi connectivity index (χ3v) is 3.74. The first-order valence-electron chi connectivity index (χ1n) is 7.85. The average molecular weight is 309 g/mol. The molecule has 0 spiro atoms. The molecule has 1 fully saturated rings. The maximum atomic E-state index is 5.89. The van der Waals surface area contributed by atoms with E-state index in [0.29, 0.717) is 36.1 Å². The fourth-order valence-electron chi connectivity index (χ4n) is 2.89. The van der Waals surface area contributed by atoms with Gasteiger partial charge in [-0.05, 0) is 32.4 Å². The lowest BCUT2D eigenvalue weighted by molar-refractivity contribution is -0.0686. The molecular weight excluding hydrogens is 282 g/mol. The summed E-state index contributed by atoms with van der Waals surface area (Å²) in [6, 6.07) is 5.65. The number of nitrogens with zero attached hydrogens (tertiary/aromatic N) is 1. The van der Waals surface area contributed by atoms with Gasteiger partial charge >= 0.3 is 0 Å². The van der Waals surface area contributed by atoms with Crippen LogP contribution in [0.4, 0.5) is 0 Å². The van der Waals surface area contributed by atoms with Crippen molar-refractivity contribution in [1.29, 1.82) is 0 Å². The smallest absolute Gasteiger partial charge is 0.203 e. The predicted octanol–water partition coefficient (Wildman–Crippen LogP) is 2.58. The van der Waals surface area contributed by atoms with E-state index >= 15 is 0 Å². The largest absolute Gasteiger partial charge is 0.493 e. The summed E-state index contributed by atoms with van der Waals surface area (Å²) in [5, 5.41) is 0. The van der Waals surface area contributed by atoms with Crippen LogP contribution in [0.1, 0.15) is 20.3 Å². The molecule has 1 aromatic carbocycles. The lowest BCUT2D eigenvalue weighted by Gasteiger charge is -2.35. The summed E-state index contributed by atoms with van der Waals surface area (Å²) >= 11 is 0. The summed E-state index contributed by atoms with van der Waals surface area (Å²) in [7, 11) is 3.27. The van der Waals surface area contributed by atoms with Crippen molar-refractivity contribution in [2.45, 2.75) is 32.5 Å². The Kier molecular flexibility index (Phi) is 6.34. The summed E-state index contributed by atoms with van der Waals surface area (Å²) < 4.78 is 22.3. The number of morpholine rings is 1.